The van der Waals surface area contributed by atoms with Crippen molar-refractivity contribution in [2.45, 2.75) is 32.3 Å². The predicted octanol–water partition coefficient (Wildman–Crippen LogP) is 1.76. The van der Waals surface area contributed by atoms with Crippen molar-refractivity contribution in [3.63, 3.8) is 0 Å². The molecule has 1 heterocycles. The van der Waals surface area contributed by atoms with E-state index in [1.807, 2.05) is 0 Å². The maximum Gasteiger partial charge on any atom is 0.220 e. The van der Waals surface area contributed by atoms with Gasteiger partial charge in [-0.1, -0.05) is 29.8 Å². The molecular weight excluding hydrogens is 264 g/mol. The highest BCUT2D eigenvalue weighted by Gasteiger charge is 2.17. The van der Waals surface area contributed by atoms with Crippen molar-refractivity contribution < 1.29 is 9.53 Å². The minimum Gasteiger partial charge on any atom is -0.375 e. The molecule has 1 aromatic rings. The van der Waals surface area contributed by atoms with Gasteiger partial charge in [-0.15, -0.1) is 0 Å². The van der Waals surface area contributed by atoms with Crippen LogP contribution in [0.5, 0.6) is 0 Å². The van der Waals surface area contributed by atoms with Gasteiger partial charge in [0.1, 0.15) is 0 Å². The fourth-order valence-electron chi connectivity index (χ4n) is 2.52. The molecule has 1 unspecified atom stereocenters. The van der Waals surface area contributed by atoms with E-state index in [-0.39, 0.29) is 12.0 Å². The van der Waals surface area contributed by atoms with E-state index >= 15 is 0 Å². The average Bonchev–Trinajstić information content (AvgIpc) is 2.47. The second-order valence-electron chi connectivity index (χ2n) is 5.88. The number of carbonyl (C=O) groups is 1. The number of carbonyl (C=O) groups excluding carboxylic acids is 1. The molecule has 1 aliphatic rings. The molecule has 1 fully saturated rings. The maximum absolute atomic E-state index is 11.8. The zero-order valence-electron chi connectivity index (χ0n) is 13.1. The first kappa shape index (κ1) is 16.0. The average molecular weight is 290 g/mol. The van der Waals surface area contributed by atoms with Crippen molar-refractivity contribution in [2.24, 2.45) is 0 Å². The summed E-state index contributed by atoms with van der Waals surface area (Å²) >= 11 is 0. The van der Waals surface area contributed by atoms with Crippen LogP contribution in [0.15, 0.2) is 24.3 Å². The summed E-state index contributed by atoms with van der Waals surface area (Å²) in [5.41, 5.74) is 2.47. The lowest BCUT2D eigenvalue weighted by atomic mass is 10.1. The minimum atomic E-state index is 0.125. The van der Waals surface area contributed by atoms with Crippen LogP contribution < -0.4 is 5.32 Å². The number of hydrogen-bond acceptors (Lipinski definition) is 3. The summed E-state index contributed by atoms with van der Waals surface area (Å²) in [6, 6.07) is 8.36. The molecule has 0 bridgehead atoms. The van der Waals surface area contributed by atoms with Crippen LogP contribution in [0.4, 0.5) is 0 Å². The molecule has 1 aromatic carbocycles. The zero-order valence-corrected chi connectivity index (χ0v) is 13.1. The Labute approximate surface area is 127 Å². The predicted molar refractivity (Wildman–Crippen MR) is 84.4 cm³/mol. The molecule has 1 amide bonds. The molecule has 2 rings (SSSR count). The summed E-state index contributed by atoms with van der Waals surface area (Å²) in [7, 11) is 2.11. The van der Waals surface area contributed by atoms with Gasteiger partial charge in [0.15, 0.2) is 0 Å². The largest absolute Gasteiger partial charge is 0.375 e. The van der Waals surface area contributed by atoms with Crippen molar-refractivity contribution in [3.8, 4) is 0 Å². The zero-order chi connectivity index (χ0) is 15.1. The van der Waals surface area contributed by atoms with E-state index in [4.69, 9.17) is 4.74 Å². The van der Waals surface area contributed by atoms with Crippen molar-refractivity contribution in [1.82, 2.24) is 10.2 Å². The van der Waals surface area contributed by atoms with Crippen LogP contribution in [0, 0.1) is 6.92 Å². The standard InChI is InChI=1S/C17H26N2O2/c1-14-3-5-15(6-4-14)7-8-17(20)18-10-9-16-13-19(2)11-12-21-16/h3-6,16H,7-13H2,1-2H3,(H,18,20). The number of nitrogens with zero attached hydrogens (tertiary/aromatic N) is 1. The van der Waals surface area contributed by atoms with Crippen LogP contribution in [0.2, 0.25) is 0 Å². The molecule has 4 nitrogen and oxygen atoms in total. The fraction of sp³-hybridized carbons (Fsp3) is 0.588. The Hall–Kier alpha value is -1.39. The summed E-state index contributed by atoms with van der Waals surface area (Å²) in [6.07, 6.45) is 2.49. The molecule has 1 atom stereocenters. The molecule has 21 heavy (non-hydrogen) atoms. The Kier molecular flexibility index (Phi) is 6.21. The van der Waals surface area contributed by atoms with E-state index in [2.05, 4.69) is 48.5 Å². The van der Waals surface area contributed by atoms with Crippen LogP contribution in [0.1, 0.15) is 24.0 Å². The van der Waals surface area contributed by atoms with Crippen molar-refractivity contribution in [3.05, 3.63) is 35.4 Å². The number of ether oxygens (including phenoxy) is 1. The number of nitrogens with one attached hydrogen (secondary N) is 1. The van der Waals surface area contributed by atoms with E-state index in [1.54, 1.807) is 0 Å². The molecule has 4 heteroatoms. The third-order valence-corrected chi connectivity index (χ3v) is 3.89. The van der Waals surface area contributed by atoms with Crippen molar-refractivity contribution in [1.29, 1.82) is 0 Å². The number of morpholine rings is 1. The normalized spacial score (nSPS) is 19.4. The molecule has 0 saturated carbocycles. The lowest BCUT2D eigenvalue weighted by Crippen LogP contribution is -2.41. The molecule has 1 aliphatic heterocycles. The van der Waals surface area contributed by atoms with E-state index in [9.17, 15) is 4.79 Å². The number of likely N-dealkylation sites (N-methyl/N-ethyl adjacent to an activating group) is 1. The van der Waals surface area contributed by atoms with Gasteiger partial charge in [0.2, 0.25) is 5.91 Å². The van der Waals surface area contributed by atoms with Crippen LogP contribution in [-0.4, -0.2) is 50.2 Å². The lowest BCUT2D eigenvalue weighted by Gasteiger charge is -2.30. The van der Waals surface area contributed by atoms with Gasteiger partial charge >= 0.3 is 0 Å². The van der Waals surface area contributed by atoms with Gasteiger partial charge < -0.3 is 15.0 Å². The van der Waals surface area contributed by atoms with Crippen LogP contribution in [-0.2, 0) is 16.0 Å². The topological polar surface area (TPSA) is 41.6 Å². The van der Waals surface area contributed by atoms with E-state index in [1.165, 1.54) is 11.1 Å². The molecule has 0 aliphatic carbocycles. The van der Waals surface area contributed by atoms with E-state index in [0.29, 0.717) is 13.0 Å². The third-order valence-electron chi connectivity index (χ3n) is 3.89. The quantitative estimate of drug-likeness (QED) is 0.868. The molecule has 0 aromatic heterocycles. The van der Waals surface area contributed by atoms with E-state index < -0.39 is 0 Å². The van der Waals surface area contributed by atoms with Gasteiger partial charge in [-0.25, -0.2) is 0 Å². The Morgan fingerprint density at radius 2 is 2.14 bits per heavy atom. The highest BCUT2D eigenvalue weighted by atomic mass is 16.5. The van der Waals surface area contributed by atoms with Gasteiger partial charge in [0.25, 0.3) is 0 Å². The van der Waals surface area contributed by atoms with Crippen molar-refractivity contribution >= 4 is 5.91 Å². The first-order valence-corrected chi connectivity index (χ1v) is 7.76. The summed E-state index contributed by atoms with van der Waals surface area (Å²) in [5.74, 6) is 0.125. The summed E-state index contributed by atoms with van der Waals surface area (Å²) in [6.45, 7) is 5.52. The van der Waals surface area contributed by atoms with Gasteiger partial charge in [0.05, 0.1) is 12.7 Å². The number of hydrogen-bond donors (Lipinski definition) is 1. The SMILES string of the molecule is Cc1ccc(CCC(=O)NCCC2CN(C)CCO2)cc1. The first-order chi connectivity index (χ1) is 10.1. The highest BCUT2D eigenvalue weighted by Crippen LogP contribution is 2.07. The maximum atomic E-state index is 11.8. The Balaban J connectivity index is 1.60. The van der Waals surface area contributed by atoms with Gasteiger partial charge in [-0.2, -0.15) is 0 Å². The lowest BCUT2D eigenvalue weighted by molar-refractivity contribution is -0.121. The third kappa shape index (κ3) is 5.86. The molecule has 1 saturated heterocycles. The van der Waals surface area contributed by atoms with Crippen LogP contribution in [0.25, 0.3) is 0 Å². The first-order valence-electron chi connectivity index (χ1n) is 7.76. The second kappa shape index (κ2) is 8.15. The molecule has 116 valence electrons. The number of benzene rings is 1. The number of rotatable bonds is 6. The Bertz CT molecular complexity index is 445. The smallest absolute Gasteiger partial charge is 0.220 e. The van der Waals surface area contributed by atoms with Crippen LogP contribution >= 0.6 is 0 Å². The van der Waals surface area contributed by atoms with Gasteiger partial charge in [-0.05, 0) is 32.4 Å². The van der Waals surface area contributed by atoms with E-state index in [0.717, 1.165) is 32.5 Å². The summed E-state index contributed by atoms with van der Waals surface area (Å²) in [4.78, 5) is 14.1. The fourth-order valence-corrected chi connectivity index (χ4v) is 2.52. The number of aryl methyl sites for hydroxylation is 2. The Morgan fingerprint density at radius 1 is 1.38 bits per heavy atom. The van der Waals surface area contributed by atoms with Gasteiger partial charge in [-0.3, -0.25) is 4.79 Å². The number of amides is 1. The monoisotopic (exact) mass is 290 g/mol. The molecular formula is C17H26N2O2. The second-order valence-corrected chi connectivity index (χ2v) is 5.88. The summed E-state index contributed by atoms with van der Waals surface area (Å²) in [5, 5.41) is 2.99. The minimum absolute atomic E-state index is 0.125. The van der Waals surface area contributed by atoms with Gasteiger partial charge in [0, 0.05) is 26.1 Å². The molecule has 0 spiro atoms. The Morgan fingerprint density at radius 3 is 2.86 bits per heavy atom. The summed E-state index contributed by atoms with van der Waals surface area (Å²) < 4.78 is 5.68. The molecule has 1 N–H and O–H groups in total. The molecule has 0 radical (unpaired) electrons. The van der Waals surface area contributed by atoms with Crippen LogP contribution in [0.3, 0.4) is 0 Å². The van der Waals surface area contributed by atoms with Crippen molar-refractivity contribution in [2.75, 3.05) is 33.3 Å². The highest BCUT2D eigenvalue weighted by molar-refractivity contribution is 5.76.